The molecular weight excluding hydrogens is 316 g/mol. The van der Waals surface area contributed by atoms with Crippen LogP contribution in [0, 0.1) is 0 Å². The summed E-state index contributed by atoms with van der Waals surface area (Å²) in [6.07, 6.45) is 4.56. The molecule has 0 aliphatic carbocycles. The summed E-state index contributed by atoms with van der Waals surface area (Å²) >= 11 is 3.36. The number of aromatic nitrogens is 2. The van der Waals surface area contributed by atoms with Crippen LogP contribution in [0.4, 0.5) is 0 Å². The third-order valence-corrected chi connectivity index (χ3v) is 3.55. The molecule has 0 saturated carbocycles. The van der Waals surface area contributed by atoms with Crippen LogP contribution in [-0.2, 0) is 0 Å². The highest BCUT2D eigenvalue weighted by atomic mass is 79.9. The molecule has 0 unspecified atom stereocenters. The third kappa shape index (κ3) is 2.42. The Hall–Kier alpha value is -2.20. The molecule has 0 atom stereocenters. The van der Waals surface area contributed by atoms with Gasteiger partial charge >= 0.3 is 0 Å². The van der Waals surface area contributed by atoms with E-state index in [0.717, 1.165) is 27.6 Å². The Kier molecular flexibility index (Phi) is 3.48. The minimum Gasteiger partial charge on any atom is -0.298 e. The van der Waals surface area contributed by atoms with E-state index in [4.69, 9.17) is 0 Å². The van der Waals surface area contributed by atoms with Crippen LogP contribution in [0.1, 0.15) is 10.4 Å². The van der Waals surface area contributed by atoms with Crippen LogP contribution >= 0.6 is 15.9 Å². The first-order valence-electron chi connectivity index (χ1n) is 6.13. The Morgan fingerprint density at radius 2 is 1.85 bits per heavy atom. The van der Waals surface area contributed by atoms with Gasteiger partial charge in [-0.3, -0.25) is 4.79 Å². The molecule has 0 aliphatic rings. The zero-order valence-corrected chi connectivity index (χ0v) is 12.1. The largest absolute Gasteiger partial charge is 0.298 e. The fraction of sp³-hybridized carbons (Fsp3) is 0. The topological polar surface area (TPSA) is 34.9 Å². The first-order chi connectivity index (χ1) is 9.78. The molecule has 4 heteroatoms. The molecule has 2 aromatic carbocycles. The Bertz CT molecular complexity index is 750. The van der Waals surface area contributed by atoms with E-state index in [1.54, 1.807) is 16.9 Å². The summed E-state index contributed by atoms with van der Waals surface area (Å²) in [5.41, 5.74) is 3.49. The Balaban J connectivity index is 2.05. The van der Waals surface area contributed by atoms with Crippen LogP contribution in [-0.4, -0.2) is 16.1 Å². The number of carbonyl (C=O) groups is 1. The Labute approximate surface area is 125 Å². The van der Waals surface area contributed by atoms with Crippen molar-refractivity contribution < 1.29 is 4.79 Å². The smallest absolute Gasteiger partial charge is 0.152 e. The second kappa shape index (κ2) is 5.43. The van der Waals surface area contributed by atoms with Gasteiger partial charge in [0.05, 0.1) is 11.9 Å². The first-order valence-corrected chi connectivity index (χ1v) is 6.92. The van der Waals surface area contributed by atoms with E-state index < -0.39 is 0 Å². The van der Waals surface area contributed by atoms with Crippen molar-refractivity contribution in [1.82, 2.24) is 9.78 Å². The molecule has 0 N–H and O–H groups in total. The van der Waals surface area contributed by atoms with Crippen LogP contribution < -0.4 is 0 Å². The number of nitrogens with zero attached hydrogens (tertiary/aromatic N) is 2. The SMILES string of the molecule is O=Cc1cc(Br)ccc1-n1cc(-c2ccccc2)cn1. The maximum absolute atomic E-state index is 11.2. The molecule has 0 aliphatic heterocycles. The van der Waals surface area contributed by atoms with Gasteiger partial charge < -0.3 is 0 Å². The van der Waals surface area contributed by atoms with Crippen molar-refractivity contribution in [3.63, 3.8) is 0 Å². The molecule has 98 valence electrons. The molecule has 1 heterocycles. The van der Waals surface area contributed by atoms with Crippen molar-refractivity contribution in [3.05, 3.63) is 71.0 Å². The summed E-state index contributed by atoms with van der Waals surface area (Å²) < 4.78 is 2.59. The minimum atomic E-state index is 0.599. The molecule has 0 amide bonds. The van der Waals surface area contributed by atoms with Gasteiger partial charge in [-0.2, -0.15) is 5.10 Å². The molecule has 3 rings (SSSR count). The van der Waals surface area contributed by atoms with Crippen molar-refractivity contribution in [1.29, 1.82) is 0 Å². The zero-order chi connectivity index (χ0) is 13.9. The predicted octanol–water partition coefficient (Wildman–Crippen LogP) is 4.11. The summed E-state index contributed by atoms with van der Waals surface area (Å²) in [6, 6.07) is 15.6. The number of carbonyl (C=O) groups excluding carboxylic acids is 1. The van der Waals surface area contributed by atoms with Gasteiger partial charge in [0, 0.05) is 21.8 Å². The molecular formula is C16H11BrN2O. The van der Waals surface area contributed by atoms with Crippen LogP contribution in [0.2, 0.25) is 0 Å². The second-order valence-electron chi connectivity index (χ2n) is 4.36. The van der Waals surface area contributed by atoms with Gasteiger partial charge in [0.25, 0.3) is 0 Å². The monoisotopic (exact) mass is 326 g/mol. The number of hydrogen-bond acceptors (Lipinski definition) is 2. The summed E-state index contributed by atoms with van der Waals surface area (Å²) in [5.74, 6) is 0. The molecule has 3 aromatic rings. The Morgan fingerprint density at radius 3 is 2.60 bits per heavy atom. The number of halogens is 1. The van der Waals surface area contributed by atoms with E-state index >= 15 is 0 Å². The van der Waals surface area contributed by atoms with Gasteiger partial charge in [-0.25, -0.2) is 4.68 Å². The normalized spacial score (nSPS) is 10.4. The van der Waals surface area contributed by atoms with Crippen LogP contribution in [0.3, 0.4) is 0 Å². The van der Waals surface area contributed by atoms with E-state index in [0.29, 0.717) is 5.56 Å². The number of rotatable bonds is 3. The fourth-order valence-electron chi connectivity index (χ4n) is 2.06. The average molecular weight is 327 g/mol. The van der Waals surface area contributed by atoms with Crippen LogP contribution in [0.5, 0.6) is 0 Å². The quantitative estimate of drug-likeness (QED) is 0.679. The lowest BCUT2D eigenvalue weighted by Gasteiger charge is -2.05. The van der Waals surface area contributed by atoms with Gasteiger partial charge in [-0.15, -0.1) is 0 Å². The molecule has 0 bridgehead atoms. The zero-order valence-electron chi connectivity index (χ0n) is 10.5. The third-order valence-electron chi connectivity index (χ3n) is 3.05. The van der Waals surface area contributed by atoms with Gasteiger partial charge in [0.15, 0.2) is 6.29 Å². The predicted molar refractivity (Wildman–Crippen MR) is 82.1 cm³/mol. The highest BCUT2D eigenvalue weighted by molar-refractivity contribution is 9.10. The maximum Gasteiger partial charge on any atom is 0.152 e. The van der Waals surface area contributed by atoms with E-state index in [1.165, 1.54) is 0 Å². The van der Waals surface area contributed by atoms with Gasteiger partial charge in [-0.1, -0.05) is 46.3 Å². The standard InChI is InChI=1S/C16H11BrN2O/c17-15-6-7-16(13(8-15)11-20)19-10-14(9-18-19)12-4-2-1-3-5-12/h1-11H. The van der Waals surface area contributed by atoms with Crippen LogP contribution in [0.25, 0.3) is 16.8 Å². The lowest BCUT2D eigenvalue weighted by atomic mass is 10.1. The molecule has 3 nitrogen and oxygen atoms in total. The van der Waals surface area contributed by atoms with Crippen molar-refractivity contribution in [3.8, 4) is 16.8 Å². The second-order valence-corrected chi connectivity index (χ2v) is 5.28. The molecule has 20 heavy (non-hydrogen) atoms. The molecule has 0 radical (unpaired) electrons. The molecule has 0 spiro atoms. The van der Waals surface area contributed by atoms with E-state index in [9.17, 15) is 4.79 Å². The highest BCUT2D eigenvalue weighted by Gasteiger charge is 2.07. The summed E-state index contributed by atoms with van der Waals surface area (Å²) in [5, 5.41) is 4.34. The summed E-state index contributed by atoms with van der Waals surface area (Å²) in [4.78, 5) is 11.2. The van der Waals surface area contributed by atoms with E-state index in [1.807, 2.05) is 48.7 Å². The van der Waals surface area contributed by atoms with E-state index in [-0.39, 0.29) is 0 Å². The molecule has 1 aromatic heterocycles. The average Bonchev–Trinajstić information content (AvgIpc) is 2.97. The maximum atomic E-state index is 11.2. The lowest BCUT2D eigenvalue weighted by Crippen LogP contribution is -1.99. The van der Waals surface area contributed by atoms with Crippen molar-refractivity contribution in [2.45, 2.75) is 0 Å². The number of hydrogen-bond donors (Lipinski definition) is 0. The van der Waals surface area contributed by atoms with Crippen molar-refractivity contribution in [2.24, 2.45) is 0 Å². The van der Waals surface area contributed by atoms with Gasteiger partial charge in [0.1, 0.15) is 0 Å². The van der Waals surface area contributed by atoms with E-state index in [2.05, 4.69) is 21.0 Å². The van der Waals surface area contributed by atoms with Crippen molar-refractivity contribution in [2.75, 3.05) is 0 Å². The van der Waals surface area contributed by atoms with Crippen LogP contribution in [0.15, 0.2) is 65.4 Å². The highest BCUT2D eigenvalue weighted by Crippen LogP contribution is 2.22. The van der Waals surface area contributed by atoms with Gasteiger partial charge in [-0.05, 0) is 23.8 Å². The number of aldehydes is 1. The summed E-state index contributed by atoms with van der Waals surface area (Å²) in [7, 11) is 0. The number of benzene rings is 2. The summed E-state index contributed by atoms with van der Waals surface area (Å²) in [6.45, 7) is 0. The molecule has 0 saturated heterocycles. The van der Waals surface area contributed by atoms with Gasteiger partial charge in [0.2, 0.25) is 0 Å². The lowest BCUT2D eigenvalue weighted by molar-refractivity contribution is 0.112. The fourth-order valence-corrected chi connectivity index (χ4v) is 2.44. The first kappa shape index (κ1) is 12.8. The minimum absolute atomic E-state index is 0.599. The van der Waals surface area contributed by atoms with Crippen molar-refractivity contribution >= 4 is 22.2 Å². The Morgan fingerprint density at radius 1 is 1.05 bits per heavy atom. The molecule has 0 fully saturated rings.